The Kier molecular flexibility index (Phi) is 12.3. The number of rotatable bonds is 9. The summed E-state index contributed by atoms with van der Waals surface area (Å²) < 4.78 is 59.3. The molecule has 1 saturated carbocycles. The molecule has 3 rings (SSSR count). The van der Waals surface area contributed by atoms with E-state index >= 15 is 0 Å². The molecule has 2 fully saturated rings. The van der Waals surface area contributed by atoms with Crippen LogP contribution in [0, 0.1) is 5.92 Å². The highest BCUT2D eigenvalue weighted by molar-refractivity contribution is 7.89. The first-order chi connectivity index (χ1) is 18.5. The molecule has 1 aliphatic carbocycles. The minimum absolute atomic E-state index is 0.0835. The molecule has 0 amide bonds. The van der Waals surface area contributed by atoms with Gasteiger partial charge in [-0.1, -0.05) is 32.8 Å². The lowest BCUT2D eigenvalue weighted by Gasteiger charge is -2.33. The highest BCUT2D eigenvalue weighted by atomic mass is 32.2. The van der Waals surface area contributed by atoms with Crippen LogP contribution < -0.4 is 9.62 Å². The van der Waals surface area contributed by atoms with Crippen LogP contribution in [-0.2, 0) is 20.2 Å². The van der Waals surface area contributed by atoms with Crippen molar-refractivity contribution < 1.29 is 16.8 Å². The van der Waals surface area contributed by atoms with Crippen LogP contribution in [0.15, 0.2) is 41.3 Å². The molecule has 1 heterocycles. The zero-order chi connectivity index (χ0) is 28.5. The van der Waals surface area contributed by atoms with Crippen LogP contribution in [0.5, 0.6) is 0 Å². The van der Waals surface area contributed by atoms with Crippen LogP contribution in [0.1, 0.15) is 58.3 Å². The Morgan fingerprint density at radius 3 is 2.05 bits per heavy atom. The van der Waals surface area contributed by atoms with Crippen molar-refractivity contribution in [3.8, 4) is 0 Å². The second-order valence-corrected chi connectivity index (χ2v) is 14.9. The number of nitrogens with zero attached hydrogens (tertiary/aromatic N) is 4. The van der Waals surface area contributed by atoms with Crippen LogP contribution >= 0.6 is 0 Å². The number of nitrogens with one attached hydrogen (secondary N) is 1. The summed E-state index contributed by atoms with van der Waals surface area (Å²) in [6.45, 7) is 9.88. The van der Waals surface area contributed by atoms with Gasteiger partial charge in [0.2, 0.25) is 10.0 Å². The zero-order valence-electron chi connectivity index (χ0n) is 24.1. The summed E-state index contributed by atoms with van der Waals surface area (Å²) in [4.78, 5) is 4.59. The third kappa shape index (κ3) is 9.54. The van der Waals surface area contributed by atoms with E-state index in [2.05, 4.69) is 16.2 Å². The maximum Gasteiger partial charge on any atom is 0.279 e. The summed E-state index contributed by atoms with van der Waals surface area (Å²) in [6.07, 6.45) is 8.47. The second kappa shape index (κ2) is 14.9. The van der Waals surface area contributed by atoms with Crippen LogP contribution in [0.25, 0.3) is 0 Å². The van der Waals surface area contributed by atoms with Gasteiger partial charge in [-0.15, -0.1) is 0 Å². The first-order valence-electron chi connectivity index (χ1n) is 14.4. The minimum atomic E-state index is -3.79. The Morgan fingerprint density at radius 2 is 1.46 bits per heavy atom. The molecular weight excluding hydrogens is 534 g/mol. The fourth-order valence-corrected chi connectivity index (χ4v) is 8.34. The normalized spacial score (nSPS) is 20.8. The van der Waals surface area contributed by atoms with E-state index in [1.165, 1.54) is 40.7 Å². The average molecular weight is 584 g/mol. The van der Waals surface area contributed by atoms with Gasteiger partial charge in [0.05, 0.1) is 4.90 Å². The third-order valence-corrected chi connectivity index (χ3v) is 11.1. The topological polar surface area (TPSA) is 93.3 Å². The van der Waals surface area contributed by atoms with Crippen molar-refractivity contribution in [1.82, 2.24) is 18.2 Å². The molecule has 1 saturated heterocycles. The van der Waals surface area contributed by atoms with Crippen molar-refractivity contribution in [2.75, 3.05) is 71.4 Å². The zero-order valence-corrected chi connectivity index (χ0v) is 25.8. The number of sulfonamides is 1. The Hall–Kier alpha value is -1.50. The molecule has 0 bridgehead atoms. The van der Waals surface area contributed by atoms with Gasteiger partial charge in [0.1, 0.15) is 0 Å². The summed E-state index contributed by atoms with van der Waals surface area (Å²) in [5, 5.41) is 0. The number of hydrogen-bond acceptors (Lipinski definition) is 6. The van der Waals surface area contributed by atoms with E-state index in [-0.39, 0.29) is 18.0 Å². The van der Waals surface area contributed by atoms with Gasteiger partial charge in [-0.25, -0.2) is 13.1 Å². The Morgan fingerprint density at radius 1 is 0.872 bits per heavy atom. The molecule has 222 valence electrons. The molecule has 0 radical (unpaired) electrons. The maximum atomic E-state index is 13.8. The average Bonchev–Trinajstić information content (AvgIpc) is 2.90. The van der Waals surface area contributed by atoms with Crippen molar-refractivity contribution in [2.24, 2.45) is 5.92 Å². The van der Waals surface area contributed by atoms with Gasteiger partial charge >= 0.3 is 0 Å². The van der Waals surface area contributed by atoms with Crippen molar-refractivity contribution in [2.45, 2.75) is 63.2 Å². The highest BCUT2D eigenvalue weighted by Crippen LogP contribution is 2.25. The van der Waals surface area contributed by atoms with E-state index < -0.39 is 20.2 Å². The van der Waals surface area contributed by atoms with Gasteiger partial charge in [0.15, 0.2) is 0 Å². The standard InChI is InChI=1S/C28H49N5O4S2/c1-5-17-29-39(36,37)33-21-10-19-31(24-26-11-7-6-8-12-26)18-9-20-32(22-25(2)23-33)38(34,35)28-15-13-27(14-16-28)30(3)4/h13-16,26,29H,2,5-12,17-24H2,1,3-4H3. The second-order valence-electron chi connectivity index (χ2n) is 11.2. The summed E-state index contributed by atoms with van der Waals surface area (Å²) in [5.41, 5.74) is 1.48. The lowest BCUT2D eigenvalue weighted by Crippen LogP contribution is -2.45. The number of benzene rings is 1. The molecular formula is C28H49N5O4S2. The van der Waals surface area contributed by atoms with E-state index in [9.17, 15) is 16.8 Å². The molecule has 0 atom stereocenters. The number of hydrogen-bond donors (Lipinski definition) is 1. The highest BCUT2D eigenvalue weighted by Gasteiger charge is 2.29. The predicted molar refractivity (Wildman–Crippen MR) is 160 cm³/mol. The summed E-state index contributed by atoms with van der Waals surface area (Å²) in [6, 6.07) is 6.89. The van der Waals surface area contributed by atoms with Crippen molar-refractivity contribution in [3.05, 3.63) is 36.4 Å². The quantitative estimate of drug-likeness (QED) is 0.447. The Bertz CT molecular complexity index is 1120. The van der Waals surface area contributed by atoms with Crippen LogP contribution in [0.2, 0.25) is 0 Å². The van der Waals surface area contributed by atoms with Gasteiger partial charge < -0.3 is 9.80 Å². The van der Waals surface area contributed by atoms with Crippen LogP contribution in [0.3, 0.4) is 0 Å². The number of anilines is 1. The van der Waals surface area contributed by atoms with Gasteiger partial charge in [0.25, 0.3) is 10.2 Å². The predicted octanol–water partition coefficient (Wildman–Crippen LogP) is 3.52. The molecule has 0 spiro atoms. The van der Waals surface area contributed by atoms with Gasteiger partial charge in [-0.2, -0.15) is 17.0 Å². The van der Waals surface area contributed by atoms with E-state index in [1.54, 1.807) is 24.3 Å². The molecule has 1 aliphatic heterocycles. The molecule has 0 aromatic heterocycles. The van der Waals surface area contributed by atoms with Crippen molar-refractivity contribution in [1.29, 1.82) is 0 Å². The summed E-state index contributed by atoms with van der Waals surface area (Å²) >= 11 is 0. The molecule has 0 unspecified atom stereocenters. The summed E-state index contributed by atoms with van der Waals surface area (Å²) in [5.74, 6) is 0.660. The monoisotopic (exact) mass is 583 g/mol. The Labute approximate surface area is 237 Å². The van der Waals surface area contributed by atoms with Gasteiger partial charge in [-0.3, -0.25) is 0 Å². The fourth-order valence-electron chi connectivity index (χ4n) is 5.48. The summed E-state index contributed by atoms with van der Waals surface area (Å²) in [7, 11) is -3.65. The molecule has 1 N–H and O–H groups in total. The van der Waals surface area contributed by atoms with Crippen LogP contribution in [-0.4, -0.2) is 96.8 Å². The lowest BCUT2D eigenvalue weighted by atomic mass is 9.89. The molecule has 2 aliphatic rings. The molecule has 1 aromatic rings. The van der Waals surface area contributed by atoms with Crippen molar-refractivity contribution in [3.63, 3.8) is 0 Å². The molecule has 39 heavy (non-hydrogen) atoms. The molecule has 11 heteroatoms. The SMILES string of the molecule is C=C1CN(S(=O)(=O)NCCC)CCCN(CC2CCCCC2)CCCN(S(=O)(=O)c2ccc(N(C)C)cc2)C1. The first kappa shape index (κ1) is 32.0. The van der Waals surface area contributed by atoms with Gasteiger partial charge in [0, 0.05) is 59.1 Å². The van der Waals surface area contributed by atoms with E-state index in [1.807, 2.05) is 25.9 Å². The van der Waals surface area contributed by atoms with E-state index in [0.717, 1.165) is 38.2 Å². The molecule has 1 aromatic carbocycles. The Balaban J connectivity index is 1.84. The maximum absolute atomic E-state index is 13.8. The van der Waals surface area contributed by atoms with Gasteiger partial charge in [-0.05, 0) is 81.0 Å². The third-order valence-electron chi connectivity index (χ3n) is 7.67. The lowest BCUT2D eigenvalue weighted by molar-refractivity contribution is 0.188. The smallest absolute Gasteiger partial charge is 0.279 e. The fraction of sp³-hybridized carbons (Fsp3) is 0.714. The van der Waals surface area contributed by atoms with E-state index in [4.69, 9.17) is 0 Å². The first-order valence-corrected chi connectivity index (χ1v) is 17.3. The van der Waals surface area contributed by atoms with Crippen molar-refractivity contribution >= 4 is 25.9 Å². The largest absolute Gasteiger partial charge is 0.378 e. The van der Waals surface area contributed by atoms with E-state index in [0.29, 0.717) is 37.5 Å². The molecule has 9 nitrogen and oxygen atoms in total. The minimum Gasteiger partial charge on any atom is -0.378 e. The van der Waals surface area contributed by atoms with Crippen LogP contribution in [0.4, 0.5) is 5.69 Å².